The zero-order valence-corrected chi connectivity index (χ0v) is 27.0. The molecule has 2 aromatic heterocycles. The van der Waals surface area contributed by atoms with Gasteiger partial charge in [0.15, 0.2) is 5.82 Å². The number of rotatable bonds is 4. The highest BCUT2D eigenvalue weighted by Crippen LogP contribution is 2.55. The minimum atomic E-state index is 0.663. The molecule has 0 spiro atoms. The lowest BCUT2D eigenvalue weighted by Crippen LogP contribution is -2.14. The van der Waals surface area contributed by atoms with Crippen LogP contribution >= 0.6 is 0 Å². The van der Waals surface area contributed by atoms with Crippen molar-refractivity contribution in [2.45, 2.75) is 0 Å². The molecule has 4 nitrogen and oxygen atoms in total. The van der Waals surface area contributed by atoms with Crippen LogP contribution in [0.5, 0.6) is 0 Å². The van der Waals surface area contributed by atoms with Gasteiger partial charge in [-0.05, 0) is 40.1 Å². The van der Waals surface area contributed by atoms with E-state index in [1.54, 1.807) is 0 Å². The Hall–Kier alpha value is -6.78. The Morgan fingerprint density at radius 2 is 1.08 bits per heavy atom. The average molecular weight is 640 g/mol. The molecule has 0 radical (unpaired) electrons. The average Bonchev–Trinajstić information content (AvgIpc) is 3.52. The van der Waals surface area contributed by atoms with Crippen LogP contribution in [0.4, 0.5) is 17.2 Å². The van der Waals surface area contributed by atoms with Crippen molar-refractivity contribution >= 4 is 38.9 Å². The first-order valence-electron chi connectivity index (χ1n) is 16.8. The zero-order valence-electron chi connectivity index (χ0n) is 27.0. The molecule has 0 bridgehead atoms. The van der Waals surface area contributed by atoms with Crippen LogP contribution in [0.3, 0.4) is 0 Å². The molecule has 7 aromatic carbocycles. The maximum atomic E-state index is 6.82. The third kappa shape index (κ3) is 4.54. The lowest BCUT2D eigenvalue weighted by Gasteiger charge is -2.27. The van der Waals surface area contributed by atoms with Crippen LogP contribution in [-0.2, 0) is 0 Å². The quantitative estimate of drug-likeness (QED) is 0.192. The van der Waals surface area contributed by atoms with Crippen molar-refractivity contribution in [3.8, 4) is 56.2 Å². The van der Waals surface area contributed by atoms with E-state index in [4.69, 9.17) is 14.4 Å². The fourth-order valence-corrected chi connectivity index (χ4v) is 7.31. The van der Waals surface area contributed by atoms with Crippen LogP contribution in [0.1, 0.15) is 0 Å². The van der Waals surface area contributed by atoms with Gasteiger partial charge in [-0.15, -0.1) is 0 Å². The molecule has 9 aromatic rings. The summed E-state index contributed by atoms with van der Waals surface area (Å²) in [7, 11) is 0. The summed E-state index contributed by atoms with van der Waals surface area (Å²) in [5.74, 6) is 2.30. The largest absolute Gasteiger partial charge is 0.455 e. The molecule has 0 aliphatic carbocycles. The molecule has 0 fully saturated rings. The predicted molar refractivity (Wildman–Crippen MR) is 205 cm³/mol. The molecule has 50 heavy (non-hydrogen) atoms. The monoisotopic (exact) mass is 639 g/mol. The zero-order chi connectivity index (χ0) is 33.0. The van der Waals surface area contributed by atoms with Crippen molar-refractivity contribution in [1.29, 1.82) is 0 Å². The van der Waals surface area contributed by atoms with Gasteiger partial charge in [0, 0.05) is 39.3 Å². The third-order valence-electron chi connectivity index (χ3n) is 9.65. The second-order valence-electron chi connectivity index (χ2n) is 12.6. The van der Waals surface area contributed by atoms with E-state index in [9.17, 15) is 0 Å². The Morgan fingerprint density at radius 1 is 0.440 bits per heavy atom. The van der Waals surface area contributed by atoms with Crippen LogP contribution in [0.2, 0.25) is 0 Å². The summed E-state index contributed by atoms with van der Waals surface area (Å²) < 4.78 is 6.82. The highest BCUT2D eigenvalue weighted by atomic mass is 16.3. The second kappa shape index (κ2) is 11.4. The first-order chi connectivity index (χ1) is 24.8. The van der Waals surface area contributed by atoms with Gasteiger partial charge >= 0.3 is 0 Å². The van der Waals surface area contributed by atoms with Crippen LogP contribution in [0.15, 0.2) is 180 Å². The summed E-state index contributed by atoms with van der Waals surface area (Å²) >= 11 is 0. The van der Waals surface area contributed by atoms with Crippen LogP contribution in [0, 0.1) is 0 Å². The number of hydrogen-bond acceptors (Lipinski definition) is 4. The molecule has 4 heteroatoms. The summed E-state index contributed by atoms with van der Waals surface area (Å²) in [6.07, 6.45) is 0. The van der Waals surface area contributed by atoms with E-state index in [0.717, 1.165) is 83.8 Å². The topological polar surface area (TPSA) is 42.2 Å². The molecule has 0 N–H and O–H groups in total. The lowest BCUT2D eigenvalue weighted by atomic mass is 9.95. The van der Waals surface area contributed by atoms with Crippen molar-refractivity contribution in [3.63, 3.8) is 0 Å². The van der Waals surface area contributed by atoms with Crippen molar-refractivity contribution in [2.75, 3.05) is 4.90 Å². The SMILES string of the molecule is c1ccc(-c2ccc(-c3cc(N4c5ccccc5-c5c(oc6ccccc56)-c5c4ccc4ccccc54)nc(-c4ccccc4)n3)cc2)cc1. The molecule has 1 aliphatic rings. The molecule has 3 heterocycles. The van der Waals surface area contributed by atoms with E-state index in [1.807, 2.05) is 30.3 Å². The molecule has 0 atom stereocenters. The van der Waals surface area contributed by atoms with Gasteiger partial charge in [0.1, 0.15) is 17.2 Å². The van der Waals surface area contributed by atoms with Gasteiger partial charge < -0.3 is 4.42 Å². The van der Waals surface area contributed by atoms with Gasteiger partial charge in [-0.25, -0.2) is 9.97 Å². The van der Waals surface area contributed by atoms with Crippen molar-refractivity contribution in [1.82, 2.24) is 9.97 Å². The lowest BCUT2D eigenvalue weighted by molar-refractivity contribution is 0.633. The fourth-order valence-electron chi connectivity index (χ4n) is 7.31. The van der Waals surface area contributed by atoms with E-state index in [0.29, 0.717) is 5.82 Å². The van der Waals surface area contributed by atoms with Crippen molar-refractivity contribution in [2.24, 2.45) is 0 Å². The Morgan fingerprint density at radius 3 is 1.90 bits per heavy atom. The molecule has 0 unspecified atom stereocenters. The summed E-state index contributed by atoms with van der Waals surface area (Å²) in [4.78, 5) is 12.8. The number of nitrogens with zero attached hydrogens (tertiary/aromatic N) is 3. The molecular formula is C46H29N3O. The van der Waals surface area contributed by atoms with Crippen molar-refractivity contribution in [3.05, 3.63) is 176 Å². The van der Waals surface area contributed by atoms with E-state index in [-0.39, 0.29) is 0 Å². The molecular weight excluding hydrogens is 611 g/mol. The second-order valence-corrected chi connectivity index (χ2v) is 12.6. The number of aromatic nitrogens is 2. The van der Waals surface area contributed by atoms with Gasteiger partial charge in [0.25, 0.3) is 0 Å². The summed E-state index contributed by atoms with van der Waals surface area (Å²) in [5, 5.41) is 3.36. The van der Waals surface area contributed by atoms with E-state index in [2.05, 4.69) is 150 Å². The molecule has 0 saturated carbocycles. The van der Waals surface area contributed by atoms with Crippen LogP contribution < -0.4 is 4.90 Å². The number of furan rings is 1. The van der Waals surface area contributed by atoms with Crippen LogP contribution in [-0.4, -0.2) is 9.97 Å². The Kier molecular flexibility index (Phi) is 6.46. The number of para-hydroxylation sites is 2. The van der Waals surface area contributed by atoms with E-state index >= 15 is 0 Å². The molecule has 234 valence electrons. The van der Waals surface area contributed by atoms with Gasteiger partial charge in [0.05, 0.1) is 17.1 Å². The third-order valence-corrected chi connectivity index (χ3v) is 9.65. The normalized spacial score (nSPS) is 12.0. The maximum absolute atomic E-state index is 6.82. The highest BCUT2D eigenvalue weighted by Gasteiger charge is 2.32. The maximum Gasteiger partial charge on any atom is 0.162 e. The fraction of sp³-hybridized carbons (Fsp3) is 0. The van der Waals surface area contributed by atoms with E-state index < -0.39 is 0 Å². The highest BCUT2D eigenvalue weighted by molar-refractivity contribution is 6.15. The number of anilines is 3. The first kappa shape index (κ1) is 28.3. The van der Waals surface area contributed by atoms with E-state index in [1.165, 1.54) is 5.56 Å². The summed E-state index contributed by atoms with van der Waals surface area (Å²) in [5.41, 5.74) is 11.3. The Bertz CT molecular complexity index is 2700. The first-order valence-corrected chi connectivity index (χ1v) is 16.8. The molecule has 1 aliphatic heterocycles. The van der Waals surface area contributed by atoms with Gasteiger partial charge in [0.2, 0.25) is 0 Å². The van der Waals surface area contributed by atoms with Crippen LogP contribution in [0.25, 0.3) is 78.0 Å². The molecule has 0 saturated heterocycles. The minimum Gasteiger partial charge on any atom is -0.455 e. The minimum absolute atomic E-state index is 0.663. The Labute approximate surface area is 289 Å². The van der Waals surface area contributed by atoms with Gasteiger partial charge in [-0.2, -0.15) is 0 Å². The number of fused-ring (bicyclic) bond motifs is 9. The van der Waals surface area contributed by atoms with Gasteiger partial charge in [-0.3, -0.25) is 4.90 Å². The molecule has 0 amide bonds. The summed E-state index contributed by atoms with van der Waals surface area (Å²) in [6, 6.07) is 61.3. The Balaban J connectivity index is 1.26. The standard InChI is InChI=1S/C46H29N3O/c1-3-13-30(14-4-1)31-23-25-33(26-24-31)38-29-42(48-46(47-38)34-16-5-2-6-17-34)49-39-21-11-9-19-36(39)43-37-20-10-12-22-41(37)50-45(43)44-35-18-8-7-15-32(35)27-28-40(44)49/h1-29H. The summed E-state index contributed by atoms with van der Waals surface area (Å²) in [6.45, 7) is 0. The predicted octanol–water partition coefficient (Wildman–Crippen LogP) is 12.5. The smallest absolute Gasteiger partial charge is 0.162 e. The number of hydrogen-bond donors (Lipinski definition) is 0. The molecule has 10 rings (SSSR count). The van der Waals surface area contributed by atoms with Gasteiger partial charge in [-0.1, -0.05) is 152 Å². The van der Waals surface area contributed by atoms with Crippen molar-refractivity contribution < 1.29 is 4.42 Å². The number of benzene rings is 7.